The molecule has 1 atom stereocenters. The van der Waals surface area contributed by atoms with Crippen LogP contribution in [0, 0.1) is 23.4 Å². The molecule has 2 aromatic rings. The molecule has 0 aliphatic heterocycles. The minimum absolute atomic E-state index is 0. The number of primary amides is 1. The number of carbonyl (C=O) groups excluding carboxylic acids is 1. The first-order valence-corrected chi connectivity index (χ1v) is 8.31. The summed E-state index contributed by atoms with van der Waals surface area (Å²) in [5.74, 6) is -2.20. The zero-order chi connectivity index (χ0) is 19.8. The highest BCUT2D eigenvalue weighted by Crippen LogP contribution is 2.10. The Balaban J connectivity index is 0.00000392. The maximum Gasteiger partial charge on any atom is 0.222 e. The molecule has 5 nitrogen and oxygen atoms in total. The Hall–Kier alpha value is -2.30. The number of nitrogens with two attached hydrogens (primary N) is 1. The van der Waals surface area contributed by atoms with Crippen molar-refractivity contribution in [3.05, 3.63) is 71.0 Å². The lowest BCUT2D eigenvalue weighted by atomic mass is 9.98. The summed E-state index contributed by atoms with van der Waals surface area (Å²) in [5, 5.41) is 5.78. The Morgan fingerprint density at radius 1 is 1.07 bits per heavy atom. The SMILES string of the molecule is CN=C(NCc1cc(F)ccc1F)NCC(Cc1ccc(F)cc1)C(N)=O.I. The summed E-state index contributed by atoms with van der Waals surface area (Å²) in [6.07, 6.45) is 0.331. The molecule has 0 aliphatic carbocycles. The average molecular weight is 506 g/mol. The lowest BCUT2D eigenvalue weighted by Gasteiger charge is -2.17. The number of carbonyl (C=O) groups is 1. The molecule has 0 aliphatic rings. The Bertz CT molecular complexity index is 815. The Morgan fingerprint density at radius 3 is 2.32 bits per heavy atom. The summed E-state index contributed by atoms with van der Waals surface area (Å²) in [6, 6.07) is 8.99. The summed E-state index contributed by atoms with van der Waals surface area (Å²) in [6.45, 7) is 0.195. The van der Waals surface area contributed by atoms with Crippen molar-refractivity contribution in [3.63, 3.8) is 0 Å². The van der Waals surface area contributed by atoms with Crippen molar-refractivity contribution in [3.8, 4) is 0 Å². The van der Waals surface area contributed by atoms with Crippen molar-refractivity contribution in [2.24, 2.45) is 16.6 Å². The molecule has 2 aromatic carbocycles. The van der Waals surface area contributed by atoms with E-state index in [1.54, 1.807) is 12.1 Å². The van der Waals surface area contributed by atoms with E-state index in [4.69, 9.17) is 5.73 Å². The first kappa shape index (κ1) is 23.7. The third kappa shape index (κ3) is 7.37. The van der Waals surface area contributed by atoms with Gasteiger partial charge in [-0.1, -0.05) is 12.1 Å². The summed E-state index contributed by atoms with van der Waals surface area (Å²) < 4.78 is 39.9. The van der Waals surface area contributed by atoms with E-state index >= 15 is 0 Å². The third-order valence-corrected chi connectivity index (χ3v) is 3.99. The van der Waals surface area contributed by atoms with Crippen LogP contribution in [0.4, 0.5) is 13.2 Å². The number of rotatable bonds is 7. The van der Waals surface area contributed by atoms with Crippen molar-refractivity contribution >= 4 is 35.8 Å². The first-order chi connectivity index (χ1) is 12.9. The van der Waals surface area contributed by atoms with Gasteiger partial charge >= 0.3 is 0 Å². The maximum atomic E-state index is 13.7. The second-order valence-corrected chi connectivity index (χ2v) is 5.97. The number of amides is 1. The van der Waals surface area contributed by atoms with E-state index < -0.39 is 23.5 Å². The van der Waals surface area contributed by atoms with Gasteiger partial charge in [-0.2, -0.15) is 0 Å². The minimum atomic E-state index is -0.556. The van der Waals surface area contributed by atoms with Gasteiger partial charge < -0.3 is 16.4 Å². The van der Waals surface area contributed by atoms with E-state index in [2.05, 4.69) is 15.6 Å². The molecule has 9 heteroatoms. The van der Waals surface area contributed by atoms with Gasteiger partial charge in [0.25, 0.3) is 0 Å². The van der Waals surface area contributed by atoms with E-state index in [0.29, 0.717) is 12.4 Å². The van der Waals surface area contributed by atoms with Gasteiger partial charge in [0, 0.05) is 25.7 Å². The molecule has 1 amide bonds. The van der Waals surface area contributed by atoms with Crippen molar-refractivity contribution in [2.75, 3.05) is 13.6 Å². The van der Waals surface area contributed by atoms with Crippen LogP contribution in [0.15, 0.2) is 47.5 Å². The topological polar surface area (TPSA) is 79.5 Å². The van der Waals surface area contributed by atoms with Gasteiger partial charge in [0.2, 0.25) is 5.91 Å². The maximum absolute atomic E-state index is 13.7. The molecule has 0 fully saturated rings. The van der Waals surface area contributed by atoms with Crippen LogP contribution in [0.5, 0.6) is 0 Å². The number of nitrogens with zero attached hydrogens (tertiary/aromatic N) is 1. The third-order valence-electron chi connectivity index (χ3n) is 3.99. The Morgan fingerprint density at radius 2 is 1.71 bits per heavy atom. The first-order valence-electron chi connectivity index (χ1n) is 8.31. The molecule has 0 bridgehead atoms. The summed E-state index contributed by atoms with van der Waals surface area (Å²) in [4.78, 5) is 15.7. The van der Waals surface area contributed by atoms with E-state index in [1.807, 2.05) is 0 Å². The van der Waals surface area contributed by atoms with Gasteiger partial charge in [-0.15, -0.1) is 24.0 Å². The zero-order valence-electron chi connectivity index (χ0n) is 15.2. The predicted octanol–water partition coefficient (Wildman–Crippen LogP) is 2.73. The van der Waals surface area contributed by atoms with Crippen LogP contribution in [0.3, 0.4) is 0 Å². The van der Waals surface area contributed by atoms with Crippen LogP contribution >= 0.6 is 24.0 Å². The number of aliphatic imine (C=N–C) groups is 1. The van der Waals surface area contributed by atoms with Crippen LogP contribution in [-0.2, 0) is 17.8 Å². The summed E-state index contributed by atoms with van der Waals surface area (Å²) in [5.41, 5.74) is 6.36. The van der Waals surface area contributed by atoms with Crippen LogP contribution < -0.4 is 16.4 Å². The van der Waals surface area contributed by atoms with E-state index in [9.17, 15) is 18.0 Å². The number of hydrogen-bond donors (Lipinski definition) is 3. The summed E-state index contributed by atoms with van der Waals surface area (Å²) >= 11 is 0. The highest BCUT2D eigenvalue weighted by Gasteiger charge is 2.17. The normalized spacial score (nSPS) is 12.1. The van der Waals surface area contributed by atoms with Crippen molar-refractivity contribution in [2.45, 2.75) is 13.0 Å². The van der Waals surface area contributed by atoms with Gasteiger partial charge in [-0.25, -0.2) is 13.2 Å². The van der Waals surface area contributed by atoms with Crippen LogP contribution in [0.1, 0.15) is 11.1 Å². The molecule has 0 aromatic heterocycles. The van der Waals surface area contributed by atoms with Crippen molar-refractivity contribution < 1.29 is 18.0 Å². The second-order valence-electron chi connectivity index (χ2n) is 5.97. The number of hydrogen-bond acceptors (Lipinski definition) is 2. The molecule has 4 N–H and O–H groups in total. The van der Waals surface area contributed by atoms with Crippen LogP contribution in [0.25, 0.3) is 0 Å². The van der Waals surface area contributed by atoms with E-state index in [0.717, 1.165) is 23.8 Å². The fourth-order valence-corrected chi connectivity index (χ4v) is 2.48. The molecule has 0 saturated heterocycles. The van der Waals surface area contributed by atoms with Gasteiger partial charge in [-0.3, -0.25) is 9.79 Å². The van der Waals surface area contributed by atoms with Crippen molar-refractivity contribution in [1.82, 2.24) is 10.6 Å². The molecule has 0 spiro atoms. The molecule has 0 saturated carbocycles. The van der Waals surface area contributed by atoms with Gasteiger partial charge in [-0.05, 0) is 42.3 Å². The smallest absolute Gasteiger partial charge is 0.222 e. The number of benzene rings is 2. The second kappa shape index (κ2) is 11.5. The fourth-order valence-electron chi connectivity index (χ4n) is 2.48. The van der Waals surface area contributed by atoms with Gasteiger partial charge in [0.1, 0.15) is 17.5 Å². The highest BCUT2D eigenvalue weighted by atomic mass is 127. The fraction of sp³-hybridized carbons (Fsp3) is 0.263. The van der Waals surface area contributed by atoms with E-state index in [-0.39, 0.29) is 48.4 Å². The van der Waals surface area contributed by atoms with Crippen LogP contribution in [-0.4, -0.2) is 25.5 Å². The Labute approximate surface area is 178 Å². The Kier molecular flexibility index (Phi) is 9.77. The lowest BCUT2D eigenvalue weighted by Crippen LogP contribution is -2.43. The number of nitrogens with one attached hydrogen (secondary N) is 2. The van der Waals surface area contributed by atoms with Crippen LogP contribution in [0.2, 0.25) is 0 Å². The zero-order valence-corrected chi connectivity index (χ0v) is 17.5. The number of guanidine groups is 1. The highest BCUT2D eigenvalue weighted by molar-refractivity contribution is 14.0. The van der Waals surface area contributed by atoms with Crippen molar-refractivity contribution in [1.29, 1.82) is 0 Å². The minimum Gasteiger partial charge on any atom is -0.369 e. The predicted molar refractivity (Wildman–Crippen MR) is 113 cm³/mol. The molecular formula is C19H22F3IN4O. The molecule has 0 heterocycles. The molecule has 1 unspecified atom stereocenters. The standard InChI is InChI=1S/C19H21F3N4O.HI/c1-24-19(25-10-13-9-16(21)6-7-17(13)22)26-11-14(18(23)27)8-12-2-4-15(20)5-3-12;/h2-7,9,14H,8,10-11H2,1H3,(H2,23,27)(H2,24,25,26);1H. The monoisotopic (exact) mass is 506 g/mol. The van der Waals surface area contributed by atoms with Gasteiger partial charge in [0.15, 0.2) is 5.96 Å². The molecular weight excluding hydrogens is 484 g/mol. The quantitative estimate of drug-likeness (QED) is 0.307. The molecule has 28 heavy (non-hydrogen) atoms. The molecule has 152 valence electrons. The average Bonchev–Trinajstić information content (AvgIpc) is 2.64. The number of halogens is 4. The largest absolute Gasteiger partial charge is 0.369 e. The van der Waals surface area contributed by atoms with E-state index in [1.165, 1.54) is 19.2 Å². The lowest BCUT2D eigenvalue weighted by molar-refractivity contribution is -0.121. The molecule has 0 radical (unpaired) electrons. The molecule has 2 rings (SSSR count). The van der Waals surface area contributed by atoms with Gasteiger partial charge in [0.05, 0.1) is 5.92 Å². The summed E-state index contributed by atoms with van der Waals surface area (Å²) in [7, 11) is 1.51.